The number of hydrogen-bond donors (Lipinski definition) is 1. The summed E-state index contributed by atoms with van der Waals surface area (Å²) >= 11 is 10.4. The van der Waals surface area contributed by atoms with Crippen molar-refractivity contribution in [2.24, 2.45) is 0 Å². The Balaban J connectivity index is 2.14. The number of anilines is 1. The van der Waals surface area contributed by atoms with Crippen molar-refractivity contribution in [1.29, 1.82) is 0 Å². The van der Waals surface area contributed by atoms with Crippen LogP contribution in [-0.4, -0.2) is 8.75 Å². The summed E-state index contributed by atoms with van der Waals surface area (Å²) in [5.41, 5.74) is 1.17. The molecule has 1 heterocycles. The minimum absolute atomic E-state index is 0.138. The van der Waals surface area contributed by atoms with Gasteiger partial charge in [-0.25, -0.2) is 0 Å². The van der Waals surface area contributed by atoms with Gasteiger partial charge in [-0.2, -0.15) is 8.75 Å². The minimum atomic E-state index is 0.138. The number of benzene rings is 1. The van der Waals surface area contributed by atoms with Crippen LogP contribution in [0.3, 0.4) is 0 Å². The number of rotatable bonds is 3. The molecule has 0 fully saturated rings. The molecule has 0 spiro atoms. The number of hydrogen-bond acceptors (Lipinski definition) is 4. The molecular formula is C10H9BrClN3S. The van der Waals surface area contributed by atoms with Gasteiger partial charge in [0.1, 0.15) is 0 Å². The molecular weight excluding hydrogens is 310 g/mol. The molecule has 3 nitrogen and oxygen atoms in total. The molecule has 0 aliphatic heterocycles. The van der Waals surface area contributed by atoms with E-state index in [2.05, 4.69) is 49.1 Å². The van der Waals surface area contributed by atoms with Crippen molar-refractivity contribution in [3.63, 3.8) is 0 Å². The molecule has 1 aromatic heterocycles. The van der Waals surface area contributed by atoms with E-state index < -0.39 is 0 Å². The van der Waals surface area contributed by atoms with E-state index in [9.17, 15) is 0 Å². The second kappa shape index (κ2) is 5.12. The average molecular weight is 319 g/mol. The third-order valence-electron chi connectivity index (χ3n) is 2.15. The van der Waals surface area contributed by atoms with E-state index in [1.165, 1.54) is 5.56 Å². The fourth-order valence-corrected chi connectivity index (χ4v) is 2.40. The molecule has 16 heavy (non-hydrogen) atoms. The van der Waals surface area contributed by atoms with Crippen LogP contribution in [0.5, 0.6) is 0 Å². The summed E-state index contributed by atoms with van der Waals surface area (Å²) in [6.07, 6.45) is 0. The van der Waals surface area contributed by atoms with Crippen LogP contribution in [-0.2, 0) is 0 Å². The van der Waals surface area contributed by atoms with E-state index >= 15 is 0 Å². The molecule has 0 bridgehead atoms. The molecule has 0 radical (unpaired) electrons. The molecule has 0 aliphatic rings. The Bertz CT molecular complexity index is 488. The Morgan fingerprint density at radius 1 is 1.44 bits per heavy atom. The fraction of sp³-hybridized carbons (Fsp3) is 0.200. The lowest BCUT2D eigenvalue weighted by Crippen LogP contribution is -2.06. The predicted octanol–water partition coefficient (Wildman–Crippen LogP) is 4.13. The summed E-state index contributed by atoms with van der Waals surface area (Å²) in [6, 6.07) is 8.24. The summed E-state index contributed by atoms with van der Waals surface area (Å²) < 4.78 is 9.04. The third kappa shape index (κ3) is 2.72. The van der Waals surface area contributed by atoms with Gasteiger partial charge in [0.25, 0.3) is 0 Å². The van der Waals surface area contributed by atoms with E-state index in [-0.39, 0.29) is 6.04 Å². The van der Waals surface area contributed by atoms with Crippen molar-refractivity contribution in [3.05, 3.63) is 39.5 Å². The Morgan fingerprint density at radius 2 is 2.25 bits per heavy atom. The molecule has 2 rings (SSSR count). The molecule has 0 saturated carbocycles. The van der Waals surface area contributed by atoms with Gasteiger partial charge < -0.3 is 5.32 Å². The maximum absolute atomic E-state index is 5.87. The highest BCUT2D eigenvalue weighted by Crippen LogP contribution is 2.25. The van der Waals surface area contributed by atoms with E-state index in [4.69, 9.17) is 11.6 Å². The maximum atomic E-state index is 5.87. The zero-order valence-corrected chi connectivity index (χ0v) is 11.6. The van der Waals surface area contributed by atoms with Gasteiger partial charge in [-0.05, 0) is 24.6 Å². The Labute approximate surface area is 111 Å². The first-order chi connectivity index (χ1) is 7.66. The Morgan fingerprint density at radius 3 is 2.88 bits per heavy atom. The maximum Gasteiger partial charge on any atom is 0.186 e. The Hall–Kier alpha value is -0.650. The highest BCUT2D eigenvalue weighted by molar-refractivity contribution is 9.10. The SMILES string of the molecule is CC(Nc1nsnc1Cl)c1cccc(Br)c1. The lowest BCUT2D eigenvalue weighted by Gasteiger charge is -2.13. The second-order valence-electron chi connectivity index (χ2n) is 3.32. The second-order valence-corrected chi connectivity index (χ2v) is 5.13. The van der Waals surface area contributed by atoms with Gasteiger partial charge in [0.2, 0.25) is 0 Å². The first-order valence-electron chi connectivity index (χ1n) is 4.67. The zero-order valence-electron chi connectivity index (χ0n) is 8.45. The summed E-state index contributed by atoms with van der Waals surface area (Å²) in [6.45, 7) is 2.05. The normalized spacial score (nSPS) is 12.4. The molecule has 6 heteroatoms. The van der Waals surface area contributed by atoms with E-state index in [1.807, 2.05) is 12.1 Å². The zero-order chi connectivity index (χ0) is 11.5. The van der Waals surface area contributed by atoms with Crippen LogP contribution in [0.1, 0.15) is 18.5 Å². The Kier molecular flexibility index (Phi) is 3.78. The smallest absolute Gasteiger partial charge is 0.186 e. The van der Waals surface area contributed by atoms with Gasteiger partial charge in [-0.15, -0.1) is 0 Å². The van der Waals surface area contributed by atoms with Gasteiger partial charge in [0, 0.05) is 4.47 Å². The van der Waals surface area contributed by atoms with Gasteiger partial charge in [0.05, 0.1) is 17.8 Å². The summed E-state index contributed by atoms with van der Waals surface area (Å²) in [4.78, 5) is 0. The predicted molar refractivity (Wildman–Crippen MR) is 71.1 cm³/mol. The standard InChI is InChI=1S/C10H9BrClN3S/c1-6(7-3-2-4-8(11)5-7)13-10-9(12)14-16-15-10/h2-6H,1H3,(H,13,15). The molecule has 1 atom stereocenters. The van der Waals surface area contributed by atoms with Crippen LogP contribution in [0, 0.1) is 0 Å². The van der Waals surface area contributed by atoms with Crippen LogP contribution in [0.2, 0.25) is 5.15 Å². The molecule has 1 aromatic carbocycles. The van der Waals surface area contributed by atoms with Crippen molar-refractivity contribution >= 4 is 45.1 Å². The summed E-state index contributed by atoms with van der Waals surface area (Å²) in [5.74, 6) is 0.638. The third-order valence-corrected chi connectivity index (χ3v) is 3.54. The van der Waals surface area contributed by atoms with Crippen LogP contribution < -0.4 is 5.32 Å². The minimum Gasteiger partial charge on any atom is -0.360 e. The summed E-state index contributed by atoms with van der Waals surface area (Å²) in [5, 5.41) is 3.64. The van der Waals surface area contributed by atoms with Gasteiger partial charge >= 0.3 is 0 Å². The fourth-order valence-electron chi connectivity index (χ4n) is 1.33. The van der Waals surface area contributed by atoms with Crippen LogP contribution >= 0.6 is 39.3 Å². The van der Waals surface area contributed by atoms with Crippen LogP contribution in [0.15, 0.2) is 28.7 Å². The molecule has 0 aliphatic carbocycles. The number of nitrogens with zero attached hydrogens (tertiary/aromatic N) is 2. The van der Waals surface area contributed by atoms with Crippen molar-refractivity contribution in [3.8, 4) is 0 Å². The van der Waals surface area contributed by atoms with Crippen molar-refractivity contribution < 1.29 is 0 Å². The largest absolute Gasteiger partial charge is 0.360 e. The topological polar surface area (TPSA) is 37.8 Å². The van der Waals surface area contributed by atoms with Gasteiger partial charge in [-0.3, -0.25) is 0 Å². The van der Waals surface area contributed by atoms with E-state index in [0.717, 1.165) is 16.2 Å². The first-order valence-corrected chi connectivity index (χ1v) is 6.57. The molecule has 84 valence electrons. The molecule has 2 aromatic rings. The highest BCUT2D eigenvalue weighted by atomic mass is 79.9. The number of aromatic nitrogens is 2. The lowest BCUT2D eigenvalue weighted by atomic mass is 10.1. The van der Waals surface area contributed by atoms with Crippen molar-refractivity contribution in [2.75, 3.05) is 5.32 Å². The average Bonchev–Trinajstić information content (AvgIpc) is 2.64. The molecule has 0 saturated heterocycles. The molecule has 1 unspecified atom stereocenters. The number of nitrogens with one attached hydrogen (secondary N) is 1. The van der Waals surface area contributed by atoms with Crippen molar-refractivity contribution in [1.82, 2.24) is 8.75 Å². The van der Waals surface area contributed by atoms with Crippen LogP contribution in [0.4, 0.5) is 5.82 Å². The monoisotopic (exact) mass is 317 g/mol. The summed E-state index contributed by atoms with van der Waals surface area (Å²) in [7, 11) is 0. The van der Waals surface area contributed by atoms with Crippen LogP contribution in [0.25, 0.3) is 0 Å². The quantitative estimate of drug-likeness (QED) is 0.924. The molecule has 1 N–H and O–H groups in total. The highest BCUT2D eigenvalue weighted by Gasteiger charge is 2.10. The lowest BCUT2D eigenvalue weighted by molar-refractivity contribution is 0.878. The van der Waals surface area contributed by atoms with E-state index in [1.54, 1.807) is 0 Å². The number of halogens is 2. The van der Waals surface area contributed by atoms with E-state index in [0.29, 0.717) is 11.0 Å². The van der Waals surface area contributed by atoms with Crippen molar-refractivity contribution in [2.45, 2.75) is 13.0 Å². The first kappa shape index (κ1) is 11.8. The van der Waals surface area contributed by atoms with Gasteiger partial charge in [-0.1, -0.05) is 39.7 Å². The van der Waals surface area contributed by atoms with Gasteiger partial charge in [0.15, 0.2) is 11.0 Å². The molecule has 0 amide bonds.